The van der Waals surface area contributed by atoms with Gasteiger partial charge >= 0.3 is 0 Å². The second-order valence-corrected chi connectivity index (χ2v) is 4.52. The molecule has 0 spiro atoms. The molecule has 16 heavy (non-hydrogen) atoms. The summed E-state index contributed by atoms with van der Waals surface area (Å²) < 4.78 is 5.57. The molecule has 0 fully saturated rings. The molecule has 2 atom stereocenters. The normalized spacial score (nSPS) is 14.9. The van der Waals surface area contributed by atoms with Gasteiger partial charge in [0.25, 0.3) is 0 Å². The summed E-state index contributed by atoms with van der Waals surface area (Å²) in [6, 6.07) is 7.20. The predicted molar refractivity (Wildman–Crippen MR) is 67.0 cm³/mol. The first-order chi connectivity index (χ1) is 7.56. The molecule has 0 aliphatic carbocycles. The van der Waals surface area contributed by atoms with E-state index in [2.05, 4.69) is 15.9 Å². The van der Waals surface area contributed by atoms with Crippen molar-refractivity contribution in [2.75, 3.05) is 5.33 Å². The average Bonchev–Trinajstić information content (AvgIpc) is 2.27. The van der Waals surface area contributed by atoms with Crippen molar-refractivity contribution in [2.45, 2.75) is 32.2 Å². The number of para-hydroxylation sites is 1. The fourth-order valence-corrected chi connectivity index (χ4v) is 1.73. The van der Waals surface area contributed by atoms with Gasteiger partial charge in [-0.15, -0.1) is 0 Å². The van der Waals surface area contributed by atoms with Crippen LogP contribution in [-0.2, 0) is 0 Å². The summed E-state index contributed by atoms with van der Waals surface area (Å²) in [5.41, 5.74) is 0.614. The molecule has 0 bridgehead atoms. The predicted octanol–water partition coefficient (Wildman–Crippen LogP) is 2.26. The van der Waals surface area contributed by atoms with Crippen molar-refractivity contribution in [2.24, 2.45) is 0 Å². The van der Waals surface area contributed by atoms with E-state index >= 15 is 0 Å². The van der Waals surface area contributed by atoms with Gasteiger partial charge < -0.3 is 14.9 Å². The Kier molecular flexibility index (Phi) is 5.25. The Morgan fingerprint density at radius 3 is 2.44 bits per heavy atom. The van der Waals surface area contributed by atoms with Crippen molar-refractivity contribution in [3.8, 4) is 5.75 Å². The molecule has 3 nitrogen and oxygen atoms in total. The number of aliphatic hydroxyl groups excluding tert-OH is 2. The van der Waals surface area contributed by atoms with Crippen LogP contribution in [0.3, 0.4) is 0 Å². The largest absolute Gasteiger partial charge is 0.491 e. The molecule has 0 aliphatic heterocycles. The Bertz CT molecular complexity index is 328. The zero-order valence-corrected chi connectivity index (χ0v) is 11.0. The molecule has 0 aromatic heterocycles. The van der Waals surface area contributed by atoms with Crippen LogP contribution in [0.5, 0.6) is 5.75 Å². The molecule has 1 aromatic carbocycles. The summed E-state index contributed by atoms with van der Waals surface area (Å²) in [4.78, 5) is 0. The van der Waals surface area contributed by atoms with Gasteiger partial charge in [0.2, 0.25) is 0 Å². The van der Waals surface area contributed by atoms with Gasteiger partial charge in [0.05, 0.1) is 12.2 Å². The highest BCUT2D eigenvalue weighted by atomic mass is 79.9. The van der Waals surface area contributed by atoms with Gasteiger partial charge in [-0.25, -0.2) is 0 Å². The number of benzene rings is 1. The summed E-state index contributed by atoms with van der Waals surface area (Å²) in [5.74, 6) is 0.616. The number of aliphatic hydroxyl groups is 2. The monoisotopic (exact) mass is 288 g/mol. The van der Waals surface area contributed by atoms with Crippen LogP contribution < -0.4 is 4.74 Å². The minimum atomic E-state index is -0.936. The van der Waals surface area contributed by atoms with Gasteiger partial charge in [-0.05, 0) is 19.9 Å². The summed E-state index contributed by atoms with van der Waals surface area (Å²) in [7, 11) is 0. The van der Waals surface area contributed by atoms with E-state index in [9.17, 15) is 10.2 Å². The van der Waals surface area contributed by atoms with E-state index in [1.807, 2.05) is 26.0 Å². The third-order valence-corrected chi connectivity index (χ3v) is 2.79. The summed E-state index contributed by atoms with van der Waals surface area (Å²) in [6.07, 6.45) is -1.74. The topological polar surface area (TPSA) is 49.7 Å². The first kappa shape index (κ1) is 13.5. The lowest BCUT2D eigenvalue weighted by molar-refractivity contribution is 0.0317. The smallest absolute Gasteiger partial charge is 0.125 e. The van der Waals surface area contributed by atoms with Crippen LogP contribution in [0, 0.1) is 0 Å². The minimum absolute atomic E-state index is 0.0365. The highest BCUT2D eigenvalue weighted by Crippen LogP contribution is 2.28. The van der Waals surface area contributed by atoms with E-state index in [1.54, 1.807) is 12.1 Å². The maximum absolute atomic E-state index is 9.92. The van der Waals surface area contributed by atoms with Crippen molar-refractivity contribution >= 4 is 15.9 Å². The van der Waals surface area contributed by atoms with E-state index in [-0.39, 0.29) is 6.10 Å². The highest BCUT2D eigenvalue weighted by Gasteiger charge is 2.20. The number of ether oxygens (including phenoxy) is 1. The van der Waals surface area contributed by atoms with Gasteiger partial charge in [0.15, 0.2) is 0 Å². The van der Waals surface area contributed by atoms with Crippen LogP contribution in [0.15, 0.2) is 24.3 Å². The molecule has 2 N–H and O–H groups in total. The molecule has 0 radical (unpaired) electrons. The van der Waals surface area contributed by atoms with E-state index in [1.165, 1.54) is 0 Å². The Morgan fingerprint density at radius 2 is 1.88 bits per heavy atom. The van der Waals surface area contributed by atoms with E-state index in [4.69, 9.17) is 4.74 Å². The molecular formula is C12H17BrO3. The van der Waals surface area contributed by atoms with Crippen LogP contribution in [0.1, 0.15) is 25.5 Å². The van der Waals surface area contributed by atoms with E-state index < -0.39 is 12.2 Å². The van der Waals surface area contributed by atoms with Crippen LogP contribution in [0.25, 0.3) is 0 Å². The number of hydrogen-bond acceptors (Lipinski definition) is 3. The van der Waals surface area contributed by atoms with Crippen molar-refractivity contribution in [3.05, 3.63) is 29.8 Å². The average molecular weight is 289 g/mol. The maximum atomic E-state index is 9.92. The molecule has 2 unspecified atom stereocenters. The Morgan fingerprint density at radius 1 is 1.25 bits per heavy atom. The Labute approximate surface area is 104 Å². The second kappa shape index (κ2) is 6.23. The first-order valence-corrected chi connectivity index (χ1v) is 6.36. The standard InChI is InChI=1S/C12H17BrO3/c1-8(2)16-11-6-4-3-5-9(11)12(15)10(14)7-13/h3-6,8,10,12,14-15H,7H2,1-2H3. The zero-order valence-electron chi connectivity index (χ0n) is 9.43. The van der Waals surface area contributed by atoms with E-state index in [0.29, 0.717) is 16.6 Å². The zero-order chi connectivity index (χ0) is 12.1. The summed E-state index contributed by atoms with van der Waals surface area (Å²) in [6.45, 7) is 3.84. The summed E-state index contributed by atoms with van der Waals surface area (Å²) >= 11 is 3.14. The lowest BCUT2D eigenvalue weighted by Crippen LogP contribution is -2.20. The van der Waals surface area contributed by atoms with Crippen molar-refractivity contribution < 1.29 is 14.9 Å². The van der Waals surface area contributed by atoms with Crippen molar-refractivity contribution in [1.29, 1.82) is 0 Å². The molecule has 1 rings (SSSR count). The molecule has 1 aromatic rings. The lowest BCUT2D eigenvalue weighted by atomic mass is 10.0. The van der Waals surface area contributed by atoms with Gasteiger partial charge in [-0.3, -0.25) is 0 Å². The minimum Gasteiger partial charge on any atom is -0.491 e. The van der Waals surface area contributed by atoms with E-state index in [0.717, 1.165) is 0 Å². The van der Waals surface area contributed by atoms with Crippen LogP contribution in [0.4, 0.5) is 0 Å². The molecule has 4 heteroatoms. The highest BCUT2D eigenvalue weighted by molar-refractivity contribution is 9.09. The quantitative estimate of drug-likeness (QED) is 0.817. The SMILES string of the molecule is CC(C)Oc1ccccc1C(O)C(O)CBr. The van der Waals surface area contributed by atoms with Crippen LogP contribution >= 0.6 is 15.9 Å². The van der Waals surface area contributed by atoms with Gasteiger partial charge in [-0.1, -0.05) is 34.1 Å². The number of alkyl halides is 1. The third kappa shape index (κ3) is 3.47. The Hall–Kier alpha value is -0.580. The third-order valence-electron chi connectivity index (χ3n) is 2.12. The van der Waals surface area contributed by atoms with Crippen molar-refractivity contribution in [3.63, 3.8) is 0 Å². The number of hydrogen-bond donors (Lipinski definition) is 2. The molecular weight excluding hydrogens is 272 g/mol. The fraction of sp³-hybridized carbons (Fsp3) is 0.500. The summed E-state index contributed by atoms with van der Waals surface area (Å²) in [5, 5.41) is 19.8. The molecule has 0 amide bonds. The van der Waals surface area contributed by atoms with Crippen LogP contribution in [-0.4, -0.2) is 27.8 Å². The fourth-order valence-electron chi connectivity index (χ4n) is 1.38. The van der Waals surface area contributed by atoms with Gasteiger partial charge in [-0.2, -0.15) is 0 Å². The molecule has 0 saturated carbocycles. The maximum Gasteiger partial charge on any atom is 0.125 e. The van der Waals surface area contributed by atoms with Gasteiger partial charge in [0.1, 0.15) is 11.9 Å². The molecule has 0 heterocycles. The first-order valence-electron chi connectivity index (χ1n) is 5.24. The molecule has 0 saturated heterocycles. The van der Waals surface area contributed by atoms with Gasteiger partial charge in [0, 0.05) is 10.9 Å². The number of rotatable bonds is 5. The lowest BCUT2D eigenvalue weighted by Gasteiger charge is -2.20. The molecule has 90 valence electrons. The van der Waals surface area contributed by atoms with Crippen molar-refractivity contribution in [1.82, 2.24) is 0 Å². The molecule has 0 aliphatic rings. The Balaban J connectivity index is 2.93. The van der Waals surface area contributed by atoms with Crippen LogP contribution in [0.2, 0.25) is 0 Å². The number of halogens is 1. The second-order valence-electron chi connectivity index (χ2n) is 3.87.